The molecule has 1 aromatic rings. The molecule has 0 aliphatic heterocycles. The van der Waals surface area contributed by atoms with Crippen LogP contribution in [0.4, 0.5) is 0 Å². The SMILES string of the molecule is CCCCCCCCCCC(=O)CSc1cccc(C)c1. The molecule has 0 aliphatic rings. The number of carbonyl (C=O) groups excluding carboxylic acids is 1. The van der Waals surface area contributed by atoms with E-state index in [2.05, 4.69) is 38.1 Å². The first-order valence-corrected chi connectivity index (χ1v) is 9.42. The molecule has 0 fully saturated rings. The summed E-state index contributed by atoms with van der Waals surface area (Å²) < 4.78 is 0. The molecule has 0 saturated carbocycles. The molecule has 0 bridgehead atoms. The van der Waals surface area contributed by atoms with Gasteiger partial charge in [-0.25, -0.2) is 0 Å². The van der Waals surface area contributed by atoms with Crippen molar-refractivity contribution in [2.75, 3.05) is 5.75 Å². The molecule has 0 amide bonds. The van der Waals surface area contributed by atoms with Gasteiger partial charge in [0, 0.05) is 11.3 Å². The number of carbonyl (C=O) groups is 1. The van der Waals surface area contributed by atoms with Crippen molar-refractivity contribution in [1.29, 1.82) is 0 Å². The van der Waals surface area contributed by atoms with Crippen LogP contribution in [0, 0.1) is 6.92 Å². The molecule has 0 radical (unpaired) electrons. The van der Waals surface area contributed by atoms with Gasteiger partial charge >= 0.3 is 0 Å². The van der Waals surface area contributed by atoms with Crippen molar-refractivity contribution in [2.45, 2.75) is 76.5 Å². The van der Waals surface area contributed by atoms with Gasteiger partial charge in [-0.3, -0.25) is 4.79 Å². The minimum atomic E-state index is 0.396. The molecule has 1 rings (SSSR count). The number of aryl methyl sites for hydroxylation is 1. The summed E-state index contributed by atoms with van der Waals surface area (Å²) >= 11 is 1.67. The van der Waals surface area contributed by atoms with Crippen LogP contribution in [-0.4, -0.2) is 11.5 Å². The maximum atomic E-state index is 11.9. The second-order valence-corrected chi connectivity index (χ2v) is 6.92. The Morgan fingerprint density at radius 3 is 2.33 bits per heavy atom. The van der Waals surface area contributed by atoms with Crippen LogP contribution in [-0.2, 0) is 4.79 Å². The van der Waals surface area contributed by atoms with E-state index >= 15 is 0 Å². The fourth-order valence-electron chi connectivity index (χ4n) is 2.40. The van der Waals surface area contributed by atoms with Crippen LogP contribution in [0.5, 0.6) is 0 Å². The fourth-order valence-corrected chi connectivity index (χ4v) is 3.31. The lowest BCUT2D eigenvalue weighted by Gasteiger charge is -2.03. The molecule has 2 heteroatoms. The van der Waals surface area contributed by atoms with Crippen LogP contribution in [0.15, 0.2) is 29.2 Å². The van der Waals surface area contributed by atoms with Crippen LogP contribution in [0.3, 0.4) is 0 Å². The standard InChI is InChI=1S/C19H30OS/c1-3-4-5-6-7-8-9-10-13-18(20)16-21-19-14-11-12-17(2)15-19/h11-12,14-15H,3-10,13,16H2,1-2H3. The van der Waals surface area contributed by atoms with Crippen LogP contribution < -0.4 is 0 Å². The number of thioether (sulfide) groups is 1. The molecule has 0 heterocycles. The van der Waals surface area contributed by atoms with Crippen molar-refractivity contribution in [1.82, 2.24) is 0 Å². The first-order valence-electron chi connectivity index (χ1n) is 8.43. The zero-order valence-corrected chi connectivity index (χ0v) is 14.5. The number of Topliss-reactive ketones (excluding diaryl/α,β-unsaturated/α-hetero) is 1. The highest BCUT2D eigenvalue weighted by Gasteiger charge is 2.03. The van der Waals surface area contributed by atoms with E-state index < -0.39 is 0 Å². The van der Waals surface area contributed by atoms with Crippen LogP contribution in [0.1, 0.15) is 70.3 Å². The Kier molecular flexibility index (Phi) is 10.3. The quantitative estimate of drug-likeness (QED) is 0.338. The first-order chi connectivity index (χ1) is 10.2. The zero-order chi connectivity index (χ0) is 15.3. The molecular weight excluding hydrogens is 276 g/mol. The maximum absolute atomic E-state index is 11.9. The summed E-state index contributed by atoms with van der Waals surface area (Å²) in [6.45, 7) is 4.34. The summed E-state index contributed by atoms with van der Waals surface area (Å²) in [5.74, 6) is 1.02. The summed E-state index contributed by atoms with van der Waals surface area (Å²) in [6.07, 6.45) is 11.1. The lowest BCUT2D eigenvalue weighted by molar-refractivity contribution is -0.116. The van der Waals surface area contributed by atoms with Gasteiger partial charge < -0.3 is 0 Å². The Morgan fingerprint density at radius 1 is 1.00 bits per heavy atom. The Labute approximate surface area is 134 Å². The van der Waals surface area contributed by atoms with Crippen molar-refractivity contribution in [3.63, 3.8) is 0 Å². The molecule has 0 N–H and O–H groups in total. The molecule has 0 aliphatic carbocycles. The van der Waals surface area contributed by atoms with E-state index in [1.165, 1.54) is 55.4 Å². The molecule has 0 unspecified atom stereocenters. The Balaban J connectivity index is 1.99. The maximum Gasteiger partial charge on any atom is 0.143 e. The normalized spacial score (nSPS) is 10.8. The van der Waals surface area contributed by atoms with E-state index in [1.54, 1.807) is 11.8 Å². The largest absolute Gasteiger partial charge is 0.299 e. The number of rotatable bonds is 12. The van der Waals surface area contributed by atoms with E-state index in [-0.39, 0.29) is 0 Å². The Morgan fingerprint density at radius 2 is 1.67 bits per heavy atom. The van der Waals surface area contributed by atoms with Crippen molar-refractivity contribution >= 4 is 17.5 Å². The van der Waals surface area contributed by atoms with Gasteiger partial charge in [0.05, 0.1) is 5.75 Å². The van der Waals surface area contributed by atoms with Crippen LogP contribution >= 0.6 is 11.8 Å². The van der Waals surface area contributed by atoms with Crippen molar-refractivity contribution in [3.05, 3.63) is 29.8 Å². The van der Waals surface area contributed by atoms with Crippen LogP contribution in [0.25, 0.3) is 0 Å². The molecule has 1 nitrogen and oxygen atoms in total. The third kappa shape index (κ3) is 9.73. The Hall–Kier alpha value is -0.760. The molecule has 0 spiro atoms. The average Bonchev–Trinajstić information content (AvgIpc) is 2.48. The lowest BCUT2D eigenvalue weighted by Crippen LogP contribution is -2.01. The first kappa shape index (κ1) is 18.3. The van der Waals surface area contributed by atoms with E-state index in [1.807, 2.05) is 0 Å². The highest BCUT2D eigenvalue weighted by molar-refractivity contribution is 8.00. The topological polar surface area (TPSA) is 17.1 Å². The second-order valence-electron chi connectivity index (χ2n) is 5.87. The minimum absolute atomic E-state index is 0.396. The van der Waals surface area contributed by atoms with E-state index in [9.17, 15) is 4.79 Å². The molecular formula is C19H30OS. The zero-order valence-electron chi connectivity index (χ0n) is 13.7. The summed E-state index contributed by atoms with van der Waals surface area (Å²) in [7, 11) is 0. The van der Waals surface area contributed by atoms with Gasteiger partial charge in [-0.2, -0.15) is 0 Å². The molecule has 21 heavy (non-hydrogen) atoms. The minimum Gasteiger partial charge on any atom is -0.299 e. The summed E-state index contributed by atoms with van der Waals surface area (Å²) in [4.78, 5) is 13.1. The van der Waals surface area contributed by atoms with Gasteiger partial charge in [-0.05, 0) is 25.5 Å². The number of ketones is 1. The van der Waals surface area contributed by atoms with E-state index in [0.29, 0.717) is 11.5 Å². The van der Waals surface area contributed by atoms with Gasteiger partial charge in [-0.15, -0.1) is 11.8 Å². The van der Waals surface area contributed by atoms with Crippen molar-refractivity contribution in [3.8, 4) is 0 Å². The molecule has 118 valence electrons. The van der Waals surface area contributed by atoms with Gasteiger partial charge in [-0.1, -0.05) is 69.6 Å². The highest BCUT2D eigenvalue weighted by atomic mass is 32.2. The number of hydrogen-bond acceptors (Lipinski definition) is 2. The summed E-state index contributed by atoms with van der Waals surface area (Å²) in [5, 5.41) is 0. The number of hydrogen-bond donors (Lipinski definition) is 0. The van der Waals surface area contributed by atoms with Gasteiger partial charge in [0.25, 0.3) is 0 Å². The van der Waals surface area contributed by atoms with Crippen molar-refractivity contribution < 1.29 is 4.79 Å². The fraction of sp³-hybridized carbons (Fsp3) is 0.632. The molecule has 0 atom stereocenters. The van der Waals surface area contributed by atoms with E-state index in [4.69, 9.17) is 0 Å². The predicted octanol–water partition coefficient (Wildman–Crippen LogP) is 6.19. The Bertz CT molecular complexity index is 400. The molecule has 0 saturated heterocycles. The summed E-state index contributed by atoms with van der Waals surface area (Å²) in [6, 6.07) is 8.38. The van der Waals surface area contributed by atoms with Gasteiger partial charge in [0.1, 0.15) is 5.78 Å². The molecule has 1 aromatic carbocycles. The third-order valence-electron chi connectivity index (χ3n) is 3.70. The number of benzene rings is 1. The van der Waals surface area contributed by atoms with Gasteiger partial charge in [0.15, 0.2) is 0 Å². The lowest BCUT2D eigenvalue weighted by atomic mass is 10.1. The summed E-state index contributed by atoms with van der Waals surface area (Å²) in [5.41, 5.74) is 1.26. The average molecular weight is 307 g/mol. The van der Waals surface area contributed by atoms with Crippen molar-refractivity contribution in [2.24, 2.45) is 0 Å². The third-order valence-corrected chi connectivity index (χ3v) is 4.75. The molecule has 0 aromatic heterocycles. The monoisotopic (exact) mass is 306 g/mol. The second kappa shape index (κ2) is 11.9. The van der Waals surface area contributed by atoms with Crippen LogP contribution in [0.2, 0.25) is 0 Å². The predicted molar refractivity (Wildman–Crippen MR) is 94.1 cm³/mol. The smallest absolute Gasteiger partial charge is 0.143 e. The van der Waals surface area contributed by atoms with Gasteiger partial charge in [0.2, 0.25) is 0 Å². The highest BCUT2D eigenvalue weighted by Crippen LogP contribution is 2.19. The number of unbranched alkanes of at least 4 members (excludes halogenated alkanes) is 7. The van der Waals surface area contributed by atoms with E-state index in [0.717, 1.165) is 12.8 Å².